The predicted molar refractivity (Wildman–Crippen MR) is 274 cm³/mol. The number of carbonyl (C=O) groups is 3. The molecule has 0 aliphatic heterocycles. The molecule has 0 radical (unpaired) electrons. The number of likely N-dealkylation sites (N-methyl/N-ethyl adjacent to an activating group) is 1. The molecule has 0 saturated carbocycles. The van der Waals surface area contributed by atoms with E-state index >= 15 is 0 Å². The fourth-order valence-electron chi connectivity index (χ4n) is 8.36. The van der Waals surface area contributed by atoms with Crippen LogP contribution in [0.5, 0.6) is 0 Å². The van der Waals surface area contributed by atoms with Gasteiger partial charge in [0.2, 0.25) is 0 Å². The summed E-state index contributed by atoms with van der Waals surface area (Å²) < 4.78 is 22.7. The summed E-state index contributed by atoms with van der Waals surface area (Å²) in [5.74, 6) is -2.27. The molecule has 0 N–H and O–H groups in total. The first-order valence-electron chi connectivity index (χ1n) is 28.3. The summed E-state index contributed by atoms with van der Waals surface area (Å²) in [6.07, 6.45) is 52.7. The normalized spacial score (nSPS) is 12.8. The van der Waals surface area contributed by atoms with Gasteiger partial charge in [0, 0.05) is 12.8 Å². The smallest absolute Gasteiger partial charge is 0.306 e. The highest BCUT2D eigenvalue weighted by atomic mass is 16.7. The van der Waals surface area contributed by atoms with Crippen LogP contribution in [0.15, 0.2) is 12.2 Å². The lowest BCUT2D eigenvalue weighted by Gasteiger charge is -2.26. The number of unbranched alkanes of at least 4 members (excludes halogenated alkanes) is 36. The molecule has 0 aromatic carbocycles. The van der Waals surface area contributed by atoms with Crippen molar-refractivity contribution in [3.8, 4) is 0 Å². The molecule has 2 unspecified atom stereocenters. The van der Waals surface area contributed by atoms with E-state index in [4.69, 9.17) is 18.9 Å². The van der Waals surface area contributed by atoms with Gasteiger partial charge in [0.05, 0.1) is 40.3 Å². The van der Waals surface area contributed by atoms with E-state index in [9.17, 15) is 19.5 Å². The monoisotopic (exact) mass is 936 g/mol. The van der Waals surface area contributed by atoms with Gasteiger partial charge in [-0.1, -0.05) is 238 Å². The van der Waals surface area contributed by atoms with Crippen LogP contribution in [-0.4, -0.2) is 82.3 Å². The Balaban J connectivity index is 4.12. The minimum absolute atomic E-state index is 0.149. The molecule has 0 rings (SSSR count). The van der Waals surface area contributed by atoms with Crippen molar-refractivity contribution in [1.29, 1.82) is 0 Å². The Morgan fingerprint density at radius 2 is 0.773 bits per heavy atom. The molecule has 0 spiro atoms. The van der Waals surface area contributed by atoms with Crippen molar-refractivity contribution in [1.82, 2.24) is 0 Å². The molecule has 0 amide bonds. The van der Waals surface area contributed by atoms with E-state index < -0.39 is 24.3 Å². The number of quaternary nitrogens is 1. The average molecular weight is 936 g/mol. The first kappa shape index (κ1) is 64.0. The van der Waals surface area contributed by atoms with Crippen LogP contribution in [-0.2, 0) is 33.3 Å². The number of aliphatic carboxylic acids is 1. The van der Waals surface area contributed by atoms with Crippen molar-refractivity contribution in [3.63, 3.8) is 0 Å². The highest BCUT2D eigenvalue weighted by Crippen LogP contribution is 2.17. The Morgan fingerprint density at radius 1 is 0.439 bits per heavy atom. The second kappa shape index (κ2) is 49.5. The number of allylic oxidation sites excluding steroid dienone is 2. The highest BCUT2D eigenvalue weighted by molar-refractivity contribution is 5.70. The zero-order valence-corrected chi connectivity index (χ0v) is 44.3. The van der Waals surface area contributed by atoms with E-state index in [2.05, 4.69) is 26.0 Å². The van der Waals surface area contributed by atoms with Gasteiger partial charge >= 0.3 is 11.9 Å². The largest absolute Gasteiger partial charge is 0.545 e. The van der Waals surface area contributed by atoms with E-state index in [1.807, 2.05) is 21.1 Å². The number of carboxylic acids is 1. The Labute approximate surface area is 408 Å². The van der Waals surface area contributed by atoms with E-state index in [0.29, 0.717) is 23.9 Å². The molecule has 0 aliphatic carbocycles. The maximum Gasteiger partial charge on any atom is 0.306 e. The first-order chi connectivity index (χ1) is 32.1. The SMILES string of the molecule is CCCCCCC/C=C\CCCCCCCC(=O)OC(COC(=O)CCCCCCCCCCCCCCCCCCCCCCCCCCCCC)COC(OCC[N+](C)(C)C)C(=O)[O-]. The van der Waals surface area contributed by atoms with Gasteiger partial charge in [-0.05, 0) is 38.5 Å². The van der Waals surface area contributed by atoms with Crippen molar-refractivity contribution in [3.05, 3.63) is 12.2 Å². The van der Waals surface area contributed by atoms with Crippen LogP contribution in [0.4, 0.5) is 0 Å². The quantitative estimate of drug-likeness (QED) is 0.0195. The summed E-state index contributed by atoms with van der Waals surface area (Å²) in [6, 6.07) is 0. The number of hydrogen-bond acceptors (Lipinski definition) is 8. The van der Waals surface area contributed by atoms with Crippen LogP contribution in [0.25, 0.3) is 0 Å². The minimum Gasteiger partial charge on any atom is -0.545 e. The van der Waals surface area contributed by atoms with Gasteiger partial charge in [-0.2, -0.15) is 0 Å². The van der Waals surface area contributed by atoms with Crippen molar-refractivity contribution in [2.45, 2.75) is 289 Å². The molecule has 0 saturated heterocycles. The maximum absolute atomic E-state index is 12.8. The van der Waals surface area contributed by atoms with Crippen LogP contribution >= 0.6 is 0 Å². The number of carbonyl (C=O) groups excluding carboxylic acids is 3. The molecule has 0 heterocycles. The summed E-state index contributed by atoms with van der Waals surface area (Å²) in [4.78, 5) is 37.2. The number of nitrogens with zero attached hydrogens (tertiary/aromatic N) is 1. The number of hydrogen-bond donors (Lipinski definition) is 0. The molecule has 0 fully saturated rings. The van der Waals surface area contributed by atoms with Gasteiger partial charge in [-0.3, -0.25) is 9.59 Å². The Morgan fingerprint density at radius 3 is 1.12 bits per heavy atom. The van der Waals surface area contributed by atoms with E-state index in [0.717, 1.165) is 51.4 Å². The van der Waals surface area contributed by atoms with Crippen molar-refractivity contribution >= 4 is 17.9 Å². The Kier molecular flexibility index (Phi) is 48.0. The average Bonchev–Trinajstić information content (AvgIpc) is 3.28. The van der Waals surface area contributed by atoms with Gasteiger partial charge in [0.25, 0.3) is 0 Å². The van der Waals surface area contributed by atoms with Gasteiger partial charge in [0.1, 0.15) is 13.2 Å². The molecule has 0 aromatic heterocycles. The van der Waals surface area contributed by atoms with Gasteiger partial charge < -0.3 is 33.3 Å². The number of esters is 2. The molecule has 390 valence electrons. The molecule has 9 nitrogen and oxygen atoms in total. The van der Waals surface area contributed by atoms with Crippen molar-refractivity contribution in [2.75, 3.05) is 47.5 Å². The summed E-state index contributed by atoms with van der Waals surface area (Å²) in [6.45, 7) is 4.77. The summed E-state index contributed by atoms with van der Waals surface area (Å²) in [5.41, 5.74) is 0. The molecular weight excluding hydrogens is 827 g/mol. The van der Waals surface area contributed by atoms with Crippen LogP contribution in [0, 0.1) is 0 Å². The van der Waals surface area contributed by atoms with E-state index in [1.165, 1.54) is 193 Å². The third-order valence-electron chi connectivity index (χ3n) is 12.8. The van der Waals surface area contributed by atoms with Crippen LogP contribution in [0.2, 0.25) is 0 Å². The lowest BCUT2D eigenvalue weighted by Crippen LogP contribution is -2.44. The number of carboxylic acid groups (broad SMARTS) is 1. The summed E-state index contributed by atoms with van der Waals surface area (Å²) >= 11 is 0. The number of rotatable bonds is 53. The second-order valence-electron chi connectivity index (χ2n) is 20.6. The zero-order chi connectivity index (χ0) is 48.4. The lowest BCUT2D eigenvalue weighted by molar-refractivity contribution is -0.870. The number of ether oxygens (including phenoxy) is 4. The Hall–Kier alpha value is -1.97. The first-order valence-corrected chi connectivity index (χ1v) is 28.3. The maximum atomic E-state index is 12.8. The molecule has 9 heteroatoms. The molecule has 2 atom stereocenters. The van der Waals surface area contributed by atoms with E-state index in [1.54, 1.807) is 0 Å². The third-order valence-corrected chi connectivity index (χ3v) is 12.8. The predicted octanol–water partition coefficient (Wildman–Crippen LogP) is 14.8. The highest BCUT2D eigenvalue weighted by Gasteiger charge is 2.22. The fourth-order valence-corrected chi connectivity index (χ4v) is 8.36. The zero-order valence-electron chi connectivity index (χ0n) is 44.3. The fraction of sp³-hybridized carbons (Fsp3) is 0.912. The van der Waals surface area contributed by atoms with Gasteiger partial charge in [0.15, 0.2) is 12.4 Å². The topological polar surface area (TPSA) is 111 Å². The van der Waals surface area contributed by atoms with Crippen LogP contribution in [0.1, 0.15) is 277 Å². The standard InChI is InChI=1S/C57H109NO8/c1-6-8-10-12-14-16-18-20-22-23-24-25-26-27-28-29-30-31-32-33-34-36-37-39-41-43-45-47-54(59)64-51-53(52-65-57(56(61)62)63-50-49-58(3,4)5)66-55(60)48-46-44-42-40-38-35-21-19-17-15-13-11-9-7-2/h19,21,53,57H,6-18,20,22-52H2,1-5H3/b21-19-. The van der Waals surface area contributed by atoms with Crippen molar-refractivity contribution < 1.29 is 42.9 Å². The molecule has 0 bridgehead atoms. The lowest BCUT2D eigenvalue weighted by atomic mass is 10.0. The van der Waals surface area contributed by atoms with Crippen molar-refractivity contribution in [2.24, 2.45) is 0 Å². The van der Waals surface area contributed by atoms with Crippen LogP contribution in [0.3, 0.4) is 0 Å². The van der Waals surface area contributed by atoms with E-state index in [-0.39, 0.29) is 32.2 Å². The third kappa shape index (κ3) is 49.9. The summed E-state index contributed by atoms with van der Waals surface area (Å²) in [5, 5.41) is 11.7. The van der Waals surface area contributed by atoms with Gasteiger partial charge in [-0.25, -0.2) is 0 Å². The molecule has 66 heavy (non-hydrogen) atoms. The minimum atomic E-state index is -1.62. The van der Waals surface area contributed by atoms with Gasteiger partial charge in [-0.15, -0.1) is 0 Å². The van der Waals surface area contributed by atoms with Crippen LogP contribution < -0.4 is 5.11 Å². The molecule has 0 aromatic rings. The molecule has 0 aliphatic rings. The second-order valence-corrected chi connectivity index (χ2v) is 20.6. The molecular formula is C57H109NO8. The summed E-state index contributed by atoms with van der Waals surface area (Å²) in [7, 11) is 5.92. The Bertz CT molecular complexity index is 1090.